The number of thiophene rings is 1. The van der Waals surface area contributed by atoms with Crippen LogP contribution in [0.4, 0.5) is 4.39 Å². The molecule has 1 aromatic carbocycles. The van der Waals surface area contributed by atoms with Crippen molar-refractivity contribution in [1.82, 2.24) is 5.32 Å². The number of carbonyl (C=O) groups excluding carboxylic acids is 1. The molecule has 0 saturated carbocycles. The Bertz CT molecular complexity index is 630. The van der Waals surface area contributed by atoms with E-state index in [0.717, 1.165) is 9.35 Å². The van der Waals surface area contributed by atoms with Gasteiger partial charge in [0.2, 0.25) is 0 Å². The minimum absolute atomic E-state index is 0.124. The minimum Gasteiger partial charge on any atom is -0.345 e. The summed E-state index contributed by atoms with van der Waals surface area (Å²) in [7, 11) is 0. The van der Waals surface area contributed by atoms with Crippen molar-refractivity contribution in [3.05, 3.63) is 56.4 Å². The third-order valence-electron chi connectivity index (χ3n) is 3.17. The highest BCUT2D eigenvalue weighted by molar-refractivity contribution is 9.11. The van der Waals surface area contributed by atoms with E-state index in [4.69, 9.17) is 0 Å². The van der Waals surface area contributed by atoms with Crippen molar-refractivity contribution < 1.29 is 9.18 Å². The minimum atomic E-state index is -0.278. The van der Waals surface area contributed by atoms with Gasteiger partial charge in [-0.2, -0.15) is 0 Å². The lowest BCUT2D eigenvalue weighted by molar-refractivity contribution is 0.0902. The van der Waals surface area contributed by atoms with Crippen LogP contribution in [-0.4, -0.2) is 5.91 Å². The van der Waals surface area contributed by atoms with Crippen molar-refractivity contribution >= 4 is 33.2 Å². The van der Waals surface area contributed by atoms with Crippen LogP contribution in [0.5, 0.6) is 0 Å². The fourth-order valence-corrected chi connectivity index (χ4v) is 3.24. The molecule has 0 saturated heterocycles. The van der Waals surface area contributed by atoms with E-state index < -0.39 is 0 Å². The lowest BCUT2D eigenvalue weighted by atomic mass is 9.82. The van der Waals surface area contributed by atoms with Crippen LogP contribution in [0.15, 0.2) is 39.5 Å². The van der Waals surface area contributed by atoms with E-state index in [2.05, 4.69) is 21.2 Å². The van der Waals surface area contributed by atoms with E-state index in [1.54, 1.807) is 18.2 Å². The van der Waals surface area contributed by atoms with Crippen LogP contribution in [0.1, 0.15) is 42.7 Å². The Hall–Kier alpha value is -1.20. The molecule has 0 aliphatic rings. The van der Waals surface area contributed by atoms with E-state index >= 15 is 0 Å². The molecule has 112 valence electrons. The van der Waals surface area contributed by atoms with E-state index in [1.165, 1.54) is 23.5 Å². The Morgan fingerprint density at radius 1 is 1.29 bits per heavy atom. The maximum absolute atomic E-state index is 13.1. The average molecular weight is 370 g/mol. The molecule has 1 N–H and O–H groups in total. The number of rotatable bonds is 3. The number of hydrogen-bond acceptors (Lipinski definition) is 2. The van der Waals surface area contributed by atoms with Gasteiger partial charge in [0.05, 0.1) is 15.4 Å². The third-order valence-corrected chi connectivity index (χ3v) is 4.68. The lowest BCUT2D eigenvalue weighted by Gasteiger charge is -2.32. The van der Waals surface area contributed by atoms with Crippen LogP contribution < -0.4 is 5.32 Å². The van der Waals surface area contributed by atoms with Crippen molar-refractivity contribution in [3.63, 3.8) is 0 Å². The van der Waals surface area contributed by atoms with Crippen LogP contribution in [0.3, 0.4) is 0 Å². The quantitative estimate of drug-likeness (QED) is 0.794. The maximum atomic E-state index is 13.1. The van der Waals surface area contributed by atoms with E-state index in [-0.39, 0.29) is 23.2 Å². The van der Waals surface area contributed by atoms with Gasteiger partial charge in [-0.25, -0.2) is 4.39 Å². The molecule has 1 amide bonds. The smallest absolute Gasteiger partial charge is 0.252 e. The highest BCUT2D eigenvalue weighted by atomic mass is 79.9. The van der Waals surface area contributed by atoms with Crippen LogP contribution in [0.25, 0.3) is 0 Å². The summed E-state index contributed by atoms with van der Waals surface area (Å²) in [6, 6.07) is 7.88. The molecule has 0 aliphatic carbocycles. The first kappa shape index (κ1) is 16.2. The van der Waals surface area contributed by atoms with Gasteiger partial charge < -0.3 is 5.32 Å². The van der Waals surface area contributed by atoms with Crippen LogP contribution in [0, 0.1) is 11.2 Å². The van der Waals surface area contributed by atoms with Crippen LogP contribution in [-0.2, 0) is 0 Å². The molecule has 1 aromatic heterocycles. The SMILES string of the molecule is CC(C)(C)C(NC(=O)c1csc(Br)c1)c1ccc(F)cc1. The number of nitrogens with one attached hydrogen (secondary N) is 1. The molecule has 0 spiro atoms. The molecule has 0 bridgehead atoms. The Balaban J connectivity index is 2.25. The second kappa shape index (κ2) is 6.28. The van der Waals surface area contributed by atoms with E-state index in [9.17, 15) is 9.18 Å². The van der Waals surface area contributed by atoms with Crippen molar-refractivity contribution in [1.29, 1.82) is 0 Å². The molecule has 21 heavy (non-hydrogen) atoms. The summed E-state index contributed by atoms with van der Waals surface area (Å²) in [6.07, 6.45) is 0. The molecule has 2 nitrogen and oxygen atoms in total. The Labute approximate surface area is 136 Å². The summed E-state index contributed by atoms with van der Waals surface area (Å²) in [4.78, 5) is 12.4. The van der Waals surface area contributed by atoms with Gasteiger partial charge in [-0.1, -0.05) is 32.9 Å². The Kier molecular flexibility index (Phi) is 4.84. The van der Waals surface area contributed by atoms with Gasteiger partial charge in [0, 0.05) is 5.38 Å². The predicted molar refractivity (Wildman–Crippen MR) is 88.1 cm³/mol. The van der Waals surface area contributed by atoms with Gasteiger partial charge in [-0.3, -0.25) is 4.79 Å². The summed E-state index contributed by atoms with van der Waals surface area (Å²) >= 11 is 4.83. The summed E-state index contributed by atoms with van der Waals surface area (Å²) in [5, 5.41) is 4.86. The van der Waals surface area contributed by atoms with E-state index in [0.29, 0.717) is 5.56 Å². The molecule has 2 aromatic rings. The van der Waals surface area contributed by atoms with Crippen molar-refractivity contribution in [2.45, 2.75) is 26.8 Å². The fraction of sp³-hybridized carbons (Fsp3) is 0.312. The summed E-state index contributed by atoms with van der Waals surface area (Å²) in [5.74, 6) is -0.402. The number of hydrogen-bond donors (Lipinski definition) is 1. The predicted octanol–water partition coefficient (Wildman–Crippen LogP) is 5.17. The molecule has 0 fully saturated rings. The highest BCUT2D eigenvalue weighted by Gasteiger charge is 2.28. The second-order valence-electron chi connectivity index (χ2n) is 5.96. The van der Waals surface area contributed by atoms with E-state index in [1.807, 2.05) is 26.2 Å². The molecule has 1 heterocycles. The largest absolute Gasteiger partial charge is 0.345 e. The average Bonchev–Trinajstić information content (AvgIpc) is 2.82. The van der Waals surface area contributed by atoms with Gasteiger partial charge in [-0.15, -0.1) is 11.3 Å². The number of halogens is 2. The number of carbonyl (C=O) groups is 1. The van der Waals surface area contributed by atoms with Gasteiger partial charge in [-0.05, 0) is 45.1 Å². The second-order valence-corrected chi connectivity index (χ2v) is 8.25. The first-order valence-electron chi connectivity index (χ1n) is 6.58. The zero-order valence-electron chi connectivity index (χ0n) is 12.1. The van der Waals surface area contributed by atoms with Crippen molar-refractivity contribution in [2.75, 3.05) is 0 Å². The van der Waals surface area contributed by atoms with Gasteiger partial charge >= 0.3 is 0 Å². The molecule has 5 heteroatoms. The summed E-state index contributed by atoms with van der Waals surface area (Å²) in [5.41, 5.74) is 1.34. The molecular formula is C16H17BrFNOS. The standard InChI is InChI=1S/C16H17BrFNOS/c1-16(2,3)14(10-4-6-12(18)7-5-10)19-15(20)11-8-13(17)21-9-11/h4-9,14H,1-3H3,(H,19,20). The van der Waals surface area contributed by atoms with Gasteiger partial charge in [0.25, 0.3) is 5.91 Å². The highest BCUT2D eigenvalue weighted by Crippen LogP contribution is 2.33. The first-order valence-corrected chi connectivity index (χ1v) is 8.25. The lowest BCUT2D eigenvalue weighted by Crippen LogP contribution is -2.36. The normalized spacial score (nSPS) is 13.0. The number of amides is 1. The van der Waals surface area contributed by atoms with Crippen LogP contribution >= 0.6 is 27.3 Å². The van der Waals surface area contributed by atoms with Crippen molar-refractivity contribution in [3.8, 4) is 0 Å². The zero-order valence-corrected chi connectivity index (χ0v) is 14.5. The topological polar surface area (TPSA) is 29.1 Å². The Morgan fingerprint density at radius 2 is 1.90 bits per heavy atom. The van der Waals surface area contributed by atoms with Crippen molar-refractivity contribution in [2.24, 2.45) is 5.41 Å². The van der Waals surface area contributed by atoms with Gasteiger partial charge in [0.1, 0.15) is 5.82 Å². The summed E-state index contributed by atoms with van der Waals surface area (Å²) in [6.45, 7) is 6.14. The Morgan fingerprint density at radius 3 is 2.38 bits per heavy atom. The molecule has 0 radical (unpaired) electrons. The van der Waals surface area contributed by atoms with Gasteiger partial charge in [0.15, 0.2) is 0 Å². The summed E-state index contributed by atoms with van der Waals surface area (Å²) < 4.78 is 14.0. The first-order chi connectivity index (χ1) is 9.77. The molecule has 1 unspecified atom stereocenters. The molecular weight excluding hydrogens is 353 g/mol. The third kappa shape index (κ3) is 4.14. The number of benzene rings is 1. The van der Waals surface area contributed by atoms with Crippen LogP contribution in [0.2, 0.25) is 0 Å². The zero-order chi connectivity index (χ0) is 15.6. The monoisotopic (exact) mass is 369 g/mol. The molecule has 2 rings (SSSR count). The maximum Gasteiger partial charge on any atom is 0.252 e. The molecule has 0 aliphatic heterocycles. The molecule has 1 atom stereocenters. The fourth-order valence-electron chi connectivity index (χ4n) is 2.10.